The lowest BCUT2D eigenvalue weighted by Gasteiger charge is -2.23. The molecule has 0 bridgehead atoms. The molecule has 2 aromatic carbocycles. The van der Waals surface area contributed by atoms with Gasteiger partial charge in [-0.3, -0.25) is 4.79 Å². The lowest BCUT2D eigenvalue weighted by Crippen LogP contribution is -2.33. The van der Waals surface area contributed by atoms with Gasteiger partial charge in [-0.25, -0.2) is 13.8 Å². The van der Waals surface area contributed by atoms with E-state index in [1.54, 1.807) is 4.90 Å². The van der Waals surface area contributed by atoms with Gasteiger partial charge in [0.15, 0.2) is 0 Å². The molecule has 1 heterocycles. The third-order valence-corrected chi connectivity index (χ3v) is 6.07. The van der Waals surface area contributed by atoms with Gasteiger partial charge in [-0.15, -0.1) is 0 Å². The van der Waals surface area contributed by atoms with Crippen molar-refractivity contribution in [2.45, 2.75) is 59.2 Å². The average Bonchev–Trinajstić information content (AvgIpc) is 3.57. The van der Waals surface area contributed by atoms with E-state index in [4.69, 9.17) is 4.98 Å². The van der Waals surface area contributed by atoms with Crippen LogP contribution >= 0.6 is 0 Å². The van der Waals surface area contributed by atoms with Gasteiger partial charge in [0.05, 0.1) is 23.1 Å². The third kappa shape index (κ3) is 5.58. The summed E-state index contributed by atoms with van der Waals surface area (Å²) in [6.45, 7) is 7.36. The van der Waals surface area contributed by atoms with Crippen LogP contribution in [0.3, 0.4) is 0 Å². The first kappa shape index (κ1) is 23.4. The second-order valence-corrected chi connectivity index (χ2v) is 8.93. The quantitative estimate of drug-likeness (QED) is 0.429. The summed E-state index contributed by atoms with van der Waals surface area (Å²) in [6, 6.07) is 9.30. The van der Waals surface area contributed by atoms with Crippen LogP contribution in [0.25, 0.3) is 11.0 Å². The van der Waals surface area contributed by atoms with E-state index in [0.717, 1.165) is 67.0 Å². The minimum atomic E-state index is -0.715. The smallest absolute Gasteiger partial charge is 0.257 e. The number of rotatable bonds is 11. The van der Waals surface area contributed by atoms with Gasteiger partial charge in [-0.05, 0) is 74.0 Å². The molecular weight excluding hydrogens is 422 g/mol. The van der Waals surface area contributed by atoms with E-state index in [2.05, 4.69) is 35.0 Å². The highest BCUT2D eigenvalue weighted by Gasteiger charge is 2.23. The van der Waals surface area contributed by atoms with E-state index in [9.17, 15) is 13.6 Å². The highest BCUT2D eigenvalue weighted by Crippen LogP contribution is 2.28. The zero-order chi connectivity index (χ0) is 23.4. The van der Waals surface area contributed by atoms with Crippen LogP contribution in [-0.4, -0.2) is 33.4 Å². The van der Waals surface area contributed by atoms with Gasteiger partial charge >= 0.3 is 0 Å². The molecule has 1 amide bonds. The Kier molecular flexibility index (Phi) is 7.38. The first-order valence-corrected chi connectivity index (χ1v) is 11.9. The maximum atomic E-state index is 14.3. The molecule has 0 spiro atoms. The molecule has 1 aromatic heterocycles. The number of hydrogen-bond donors (Lipinski definition) is 1. The number of amides is 1. The van der Waals surface area contributed by atoms with Crippen LogP contribution in [0.1, 0.15) is 61.3 Å². The monoisotopic (exact) mass is 454 g/mol. The summed E-state index contributed by atoms with van der Waals surface area (Å²) < 4.78 is 30.1. The Bertz CT molecular complexity index is 1120. The van der Waals surface area contributed by atoms with Crippen molar-refractivity contribution in [3.8, 4) is 0 Å². The highest BCUT2D eigenvalue weighted by molar-refractivity contribution is 5.94. The molecule has 3 aromatic rings. The Morgan fingerprint density at radius 3 is 2.70 bits per heavy atom. The lowest BCUT2D eigenvalue weighted by atomic mass is 10.1. The Morgan fingerprint density at radius 2 is 1.97 bits per heavy atom. The van der Waals surface area contributed by atoms with Crippen LogP contribution < -0.4 is 5.32 Å². The van der Waals surface area contributed by atoms with Gasteiger partial charge < -0.3 is 14.8 Å². The molecule has 0 radical (unpaired) electrons. The Labute approximate surface area is 193 Å². The van der Waals surface area contributed by atoms with Crippen molar-refractivity contribution in [3.63, 3.8) is 0 Å². The Balaban J connectivity index is 1.60. The van der Waals surface area contributed by atoms with Crippen molar-refractivity contribution in [1.82, 2.24) is 19.8 Å². The van der Waals surface area contributed by atoms with E-state index in [1.165, 1.54) is 18.4 Å². The summed E-state index contributed by atoms with van der Waals surface area (Å²) in [5.41, 5.74) is 2.86. The molecule has 5 nitrogen and oxygen atoms in total. The van der Waals surface area contributed by atoms with Crippen molar-refractivity contribution < 1.29 is 13.6 Å². The van der Waals surface area contributed by atoms with Crippen molar-refractivity contribution in [1.29, 1.82) is 0 Å². The number of carbonyl (C=O) groups excluding carboxylic acids is 1. The number of carbonyl (C=O) groups is 1. The number of fused-ring (bicyclic) bond motifs is 1. The normalized spacial score (nSPS) is 13.6. The molecule has 1 aliphatic carbocycles. The van der Waals surface area contributed by atoms with Crippen molar-refractivity contribution >= 4 is 16.9 Å². The molecule has 0 aliphatic heterocycles. The van der Waals surface area contributed by atoms with Gasteiger partial charge in [0.1, 0.15) is 17.5 Å². The molecule has 0 unspecified atom stereocenters. The number of aryl methyl sites for hydroxylation is 1. The Morgan fingerprint density at radius 1 is 1.15 bits per heavy atom. The predicted octanol–water partition coefficient (Wildman–Crippen LogP) is 5.28. The van der Waals surface area contributed by atoms with Gasteiger partial charge in [-0.2, -0.15) is 0 Å². The molecular formula is C26H32F2N4O. The first-order chi connectivity index (χ1) is 16.0. The van der Waals surface area contributed by atoms with E-state index in [0.29, 0.717) is 13.0 Å². The average molecular weight is 455 g/mol. The summed E-state index contributed by atoms with van der Waals surface area (Å²) in [5.74, 6) is -0.276. The van der Waals surface area contributed by atoms with Gasteiger partial charge in [0, 0.05) is 19.6 Å². The molecule has 7 heteroatoms. The Hall–Kier alpha value is -2.80. The minimum Gasteiger partial charge on any atom is -0.331 e. The second kappa shape index (κ2) is 10.4. The summed E-state index contributed by atoms with van der Waals surface area (Å²) in [5, 5.41) is 3.51. The minimum absolute atomic E-state index is 0.243. The number of nitrogens with one attached hydrogen (secondary N) is 1. The number of halogens is 2. The number of nitrogens with zero attached hydrogens (tertiary/aromatic N) is 3. The summed E-state index contributed by atoms with van der Waals surface area (Å²) in [4.78, 5) is 19.5. The molecule has 1 fully saturated rings. The van der Waals surface area contributed by atoms with Crippen LogP contribution in [-0.2, 0) is 19.6 Å². The molecule has 0 atom stereocenters. The summed E-state index contributed by atoms with van der Waals surface area (Å²) in [6.07, 6.45) is 4.27. The first-order valence-electron chi connectivity index (χ1n) is 11.9. The summed E-state index contributed by atoms with van der Waals surface area (Å²) in [7, 11) is 0. The SMILES string of the molecule is CCCN(Cc1nc2cc(CNCC3CC3)ccc2n1CCC)C(=O)c1cc(F)ccc1F. The van der Waals surface area contributed by atoms with Crippen molar-refractivity contribution in [2.24, 2.45) is 5.92 Å². The molecule has 1 N–H and O–H groups in total. The molecule has 1 aliphatic rings. The van der Waals surface area contributed by atoms with Crippen LogP contribution in [0, 0.1) is 17.6 Å². The fourth-order valence-corrected chi connectivity index (χ4v) is 4.20. The maximum absolute atomic E-state index is 14.3. The molecule has 4 rings (SSSR count). The molecule has 1 saturated carbocycles. The van der Waals surface area contributed by atoms with Crippen LogP contribution in [0.2, 0.25) is 0 Å². The van der Waals surface area contributed by atoms with Crippen molar-refractivity contribution in [2.75, 3.05) is 13.1 Å². The largest absolute Gasteiger partial charge is 0.331 e. The fraction of sp³-hybridized carbons (Fsp3) is 0.462. The van der Waals surface area contributed by atoms with E-state index >= 15 is 0 Å². The third-order valence-electron chi connectivity index (χ3n) is 6.07. The lowest BCUT2D eigenvalue weighted by molar-refractivity contribution is 0.0732. The zero-order valence-electron chi connectivity index (χ0n) is 19.4. The van der Waals surface area contributed by atoms with Gasteiger partial charge in [0.2, 0.25) is 0 Å². The molecule has 0 saturated heterocycles. The van der Waals surface area contributed by atoms with Gasteiger partial charge in [-0.1, -0.05) is 19.9 Å². The summed E-state index contributed by atoms with van der Waals surface area (Å²) >= 11 is 0. The highest BCUT2D eigenvalue weighted by atomic mass is 19.1. The van der Waals surface area contributed by atoms with Crippen LogP contribution in [0.5, 0.6) is 0 Å². The van der Waals surface area contributed by atoms with Gasteiger partial charge in [0.25, 0.3) is 5.91 Å². The number of aromatic nitrogens is 2. The standard InChI is InChI=1S/C26H32F2N4O/c1-3-11-31(26(33)21-14-20(27)8-9-22(21)28)17-25-30-23-13-19(16-29-15-18-5-6-18)7-10-24(23)32(25)12-4-2/h7-10,13-14,18,29H,3-6,11-12,15-17H2,1-2H3. The van der Waals surface area contributed by atoms with E-state index in [1.807, 2.05) is 6.92 Å². The number of benzene rings is 2. The molecule has 176 valence electrons. The van der Waals surface area contributed by atoms with E-state index < -0.39 is 17.5 Å². The number of imidazole rings is 1. The maximum Gasteiger partial charge on any atom is 0.257 e. The topological polar surface area (TPSA) is 50.2 Å². The van der Waals surface area contributed by atoms with E-state index in [-0.39, 0.29) is 12.1 Å². The molecule has 33 heavy (non-hydrogen) atoms. The van der Waals surface area contributed by atoms with Crippen LogP contribution in [0.4, 0.5) is 8.78 Å². The fourth-order valence-electron chi connectivity index (χ4n) is 4.20. The van der Waals surface area contributed by atoms with Crippen molar-refractivity contribution in [3.05, 3.63) is 65.0 Å². The zero-order valence-corrected chi connectivity index (χ0v) is 19.4. The second-order valence-electron chi connectivity index (χ2n) is 8.93. The predicted molar refractivity (Wildman–Crippen MR) is 126 cm³/mol. The van der Waals surface area contributed by atoms with Crippen LogP contribution in [0.15, 0.2) is 36.4 Å². The number of hydrogen-bond acceptors (Lipinski definition) is 3.